The lowest BCUT2D eigenvalue weighted by molar-refractivity contribution is -0.172. The van der Waals surface area contributed by atoms with Crippen LogP contribution in [0.5, 0.6) is 0 Å². The summed E-state index contributed by atoms with van der Waals surface area (Å²) in [7, 11) is 0. The summed E-state index contributed by atoms with van der Waals surface area (Å²) >= 11 is 0. The van der Waals surface area contributed by atoms with Gasteiger partial charge in [-0.1, -0.05) is 24.3 Å². The first-order chi connectivity index (χ1) is 11.5. The molecule has 1 aromatic carbocycles. The SMILES string of the molecule is CC(O)C1C(=O)N2C(C(=O)OC3OC(=O)c4ccccc43)=CCC12. The van der Waals surface area contributed by atoms with Crippen molar-refractivity contribution in [1.82, 2.24) is 4.90 Å². The van der Waals surface area contributed by atoms with Crippen molar-refractivity contribution >= 4 is 17.8 Å². The van der Waals surface area contributed by atoms with E-state index in [0.29, 0.717) is 17.5 Å². The first kappa shape index (κ1) is 14.9. The third-order valence-electron chi connectivity index (χ3n) is 4.67. The van der Waals surface area contributed by atoms with Gasteiger partial charge in [-0.05, 0) is 19.4 Å². The number of rotatable bonds is 3. The molecule has 1 saturated heterocycles. The van der Waals surface area contributed by atoms with Crippen molar-refractivity contribution < 1.29 is 29.0 Å². The average Bonchev–Trinajstić information content (AvgIpc) is 3.06. The number of aliphatic hydroxyl groups excluding tert-OH is 1. The number of cyclic esters (lactones) is 1. The van der Waals surface area contributed by atoms with Gasteiger partial charge in [0.2, 0.25) is 5.91 Å². The fraction of sp³-hybridized carbons (Fsp3) is 0.353. The van der Waals surface area contributed by atoms with Gasteiger partial charge in [-0.2, -0.15) is 0 Å². The summed E-state index contributed by atoms with van der Waals surface area (Å²) < 4.78 is 10.4. The molecule has 1 amide bonds. The number of β-lactam (4-membered cyclic amide) rings is 1. The number of hydrogen-bond donors (Lipinski definition) is 1. The Bertz CT molecular complexity index is 783. The molecule has 1 fully saturated rings. The highest BCUT2D eigenvalue weighted by Crippen LogP contribution is 2.41. The average molecular weight is 329 g/mol. The second kappa shape index (κ2) is 5.17. The number of carbonyl (C=O) groups is 3. The lowest BCUT2D eigenvalue weighted by atomic mass is 9.83. The maximum atomic E-state index is 12.4. The molecule has 1 N–H and O–H groups in total. The molecule has 7 heteroatoms. The molecule has 24 heavy (non-hydrogen) atoms. The van der Waals surface area contributed by atoms with Gasteiger partial charge in [0.15, 0.2) is 0 Å². The topological polar surface area (TPSA) is 93.1 Å². The quantitative estimate of drug-likeness (QED) is 0.654. The van der Waals surface area contributed by atoms with Gasteiger partial charge in [0.05, 0.1) is 23.6 Å². The predicted molar refractivity (Wildman–Crippen MR) is 79.2 cm³/mol. The molecule has 3 aliphatic heterocycles. The summed E-state index contributed by atoms with van der Waals surface area (Å²) in [6.07, 6.45) is 0.248. The van der Waals surface area contributed by atoms with E-state index >= 15 is 0 Å². The van der Waals surface area contributed by atoms with Gasteiger partial charge < -0.3 is 19.5 Å². The molecule has 0 radical (unpaired) electrons. The minimum Gasteiger partial charge on any atom is -0.417 e. The Kier molecular flexibility index (Phi) is 3.21. The largest absolute Gasteiger partial charge is 0.417 e. The third kappa shape index (κ3) is 1.98. The Morgan fingerprint density at radius 3 is 2.88 bits per heavy atom. The van der Waals surface area contributed by atoms with E-state index in [-0.39, 0.29) is 17.6 Å². The minimum absolute atomic E-state index is 0.141. The summed E-state index contributed by atoms with van der Waals surface area (Å²) in [5.41, 5.74) is 0.993. The van der Waals surface area contributed by atoms with E-state index in [0.717, 1.165) is 0 Å². The van der Waals surface area contributed by atoms with Crippen molar-refractivity contribution in [2.75, 3.05) is 0 Å². The van der Waals surface area contributed by atoms with Crippen LogP contribution in [0.3, 0.4) is 0 Å². The van der Waals surface area contributed by atoms with Crippen LogP contribution in [0.15, 0.2) is 36.0 Å². The lowest BCUT2D eigenvalue weighted by Crippen LogP contribution is -2.61. The Morgan fingerprint density at radius 1 is 1.38 bits per heavy atom. The Hall–Kier alpha value is -2.67. The summed E-state index contributed by atoms with van der Waals surface area (Å²) in [4.78, 5) is 37.6. The van der Waals surface area contributed by atoms with Crippen molar-refractivity contribution in [1.29, 1.82) is 0 Å². The van der Waals surface area contributed by atoms with Gasteiger partial charge in [-0.25, -0.2) is 9.59 Å². The van der Waals surface area contributed by atoms with Gasteiger partial charge in [0.25, 0.3) is 6.29 Å². The van der Waals surface area contributed by atoms with Gasteiger partial charge in [0.1, 0.15) is 5.70 Å². The molecular formula is C17H15NO6. The molecule has 0 aromatic heterocycles. The Balaban J connectivity index is 1.49. The van der Waals surface area contributed by atoms with Gasteiger partial charge in [-0.15, -0.1) is 0 Å². The zero-order valence-corrected chi connectivity index (χ0v) is 12.8. The van der Waals surface area contributed by atoms with Crippen LogP contribution >= 0.6 is 0 Å². The number of esters is 2. The molecule has 1 aromatic rings. The minimum atomic E-state index is -1.11. The highest BCUT2D eigenvalue weighted by molar-refractivity contribution is 6.00. The van der Waals surface area contributed by atoms with Gasteiger partial charge in [-0.3, -0.25) is 4.79 Å². The van der Waals surface area contributed by atoms with Crippen LogP contribution < -0.4 is 0 Å². The van der Waals surface area contributed by atoms with Crippen molar-refractivity contribution in [2.45, 2.75) is 31.8 Å². The molecule has 7 nitrogen and oxygen atoms in total. The second-order valence-electron chi connectivity index (χ2n) is 6.10. The molecule has 0 bridgehead atoms. The third-order valence-corrected chi connectivity index (χ3v) is 4.67. The van der Waals surface area contributed by atoms with Crippen LogP contribution in [0.1, 0.15) is 35.6 Å². The summed E-state index contributed by atoms with van der Waals surface area (Å²) in [5, 5.41) is 9.64. The van der Waals surface area contributed by atoms with E-state index in [1.165, 1.54) is 4.90 Å². The first-order valence-corrected chi connectivity index (χ1v) is 7.71. The molecule has 124 valence electrons. The van der Waals surface area contributed by atoms with Crippen LogP contribution in [0.2, 0.25) is 0 Å². The number of hydrogen-bond acceptors (Lipinski definition) is 6. The highest BCUT2D eigenvalue weighted by atomic mass is 16.7. The van der Waals surface area contributed by atoms with Crippen LogP contribution in [0.4, 0.5) is 0 Å². The zero-order valence-electron chi connectivity index (χ0n) is 12.8. The number of ether oxygens (including phenoxy) is 2. The monoisotopic (exact) mass is 329 g/mol. The smallest absolute Gasteiger partial charge is 0.358 e. The number of aliphatic hydroxyl groups is 1. The van der Waals surface area contributed by atoms with E-state index in [1.807, 2.05) is 0 Å². The molecule has 4 atom stereocenters. The number of benzene rings is 1. The van der Waals surface area contributed by atoms with Crippen LogP contribution in [0.25, 0.3) is 0 Å². The summed E-state index contributed by atoms with van der Waals surface area (Å²) in [6.45, 7) is 1.56. The van der Waals surface area contributed by atoms with Gasteiger partial charge >= 0.3 is 11.9 Å². The van der Waals surface area contributed by atoms with Gasteiger partial charge in [0, 0.05) is 5.56 Å². The molecule has 0 spiro atoms. The van der Waals surface area contributed by atoms with E-state index in [9.17, 15) is 19.5 Å². The number of amides is 1. The normalized spacial score (nSPS) is 28.5. The molecule has 0 aliphatic carbocycles. The van der Waals surface area contributed by atoms with E-state index in [4.69, 9.17) is 9.47 Å². The Morgan fingerprint density at radius 2 is 2.12 bits per heavy atom. The fourth-order valence-electron chi connectivity index (χ4n) is 3.51. The fourth-order valence-corrected chi connectivity index (χ4v) is 3.51. The number of carbonyl (C=O) groups excluding carboxylic acids is 3. The van der Waals surface area contributed by atoms with Crippen molar-refractivity contribution in [3.63, 3.8) is 0 Å². The molecule has 3 heterocycles. The summed E-state index contributed by atoms with van der Waals surface area (Å²) in [5.74, 6) is -2.05. The summed E-state index contributed by atoms with van der Waals surface area (Å²) in [6, 6.07) is 6.46. The Labute approximate surface area is 137 Å². The number of fused-ring (bicyclic) bond motifs is 2. The molecule has 4 unspecified atom stereocenters. The highest BCUT2D eigenvalue weighted by Gasteiger charge is 2.55. The van der Waals surface area contributed by atoms with Crippen molar-refractivity contribution in [3.05, 3.63) is 47.2 Å². The van der Waals surface area contributed by atoms with Crippen LogP contribution in [-0.2, 0) is 19.1 Å². The molecule has 0 saturated carbocycles. The van der Waals surface area contributed by atoms with Crippen molar-refractivity contribution in [3.8, 4) is 0 Å². The maximum Gasteiger partial charge on any atom is 0.358 e. The molecule has 3 aliphatic rings. The van der Waals surface area contributed by atoms with E-state index in [2.05, 4.69) is 0 Å². The van der Waals surface area contributed by atoms with Crippen molar-refractivity contribution in [2.24, 2.45) is 5.92 Å². The van der Waals surface area contributed by atoms with E-state index < -0.39 is 30.3 Å². The maximum absolute atomic E-state index is 12.4. The lowest BCUT2D eigenvalue weighted by Gasteiger charge is -2.44. The molecule has 4 rings (SSSR count). The van der Waals surface area contributed by atoms with Crippen LogP contribution in [0, 0.1) is 5.92 Å². The first-order valence-electron chi connectivity index (χ1n) is 7.71. The molecular weight excluding hydrogens is 314 g/mol. The predicted octanol–water partition coefficient (Wildman–Crippen LogP) is 0.894. The second-order valence-corrected chi connectivity index (χ2v) is 6.10. The van der Waals surface area contributed by atoms with Crippen LogP contribution in [-0.4, -0.2) is 40.0 Å². The van der Waals surface area contributed by atoms with E-state index in [1.54, 1.807) is 37.3 Å². The zero-order chi connectivity index (χ0) is 17.0. The number of nitrogens with zero attached hydrogens (tertiary/aromatic N) is 1. The standard InChI is InChI=1S/C17H15NO6/c1-8(19)13-11-6-7-12(18(11)14(13)20)16(22)24-17-10-5-3-2-4-9(10)15(21)23-17/h2-5,7-8,11,13,17,19H,6H2,1H3.